The summed E-state index contributed by atoms with van der Waals surface area (Å²) in [6.07, 6.45) is 1.86. The van der Waals surface area contributed by atoms with Gasteiger partial charge in [-0.3, -0.25) is 0 Å². The number of sulfonamides is 1. The molecule has 2 aliphatic rings. The molecule has 2 bridgehead atoms. The summed E-state index contributed by atoms with van der Waals surface area (Å²) in [4.78, 5) is 0.144. The normalized spacial score (nSPS) is 26.0. The van der Waals surface area contributed by atoms with Crippen molar-refractivity contribution in [1.29, 1.82) is 0 Å². The van der Waals surface area contributed by atoms with Gasteiger partial charge in [0.15, 0.2) is 0 Å². The summed E-state index contributed by atoms with van der Waals surface area (Å²) < 4.78 is 38.4. The molecule has 0 radical (unpaired) electrons. The van der Waals surface area contributed by atoms with E-state index in [-0.39, 0.29) is 17.1 Å². The van der Waals surface area contributed by atoms with Gasteiger partial charge >= 0.3 is 0 Å². The highest BCUT2D eigenvalue weighted by molar-refractivity contribution is 7.89. The predicted molar refractivity (Wildman–Crippen MR) is 78.7 cm³/mol. The van der Waals surface area contributed by atoms with Crippen LogP contribution in [0.25, 0.3) is 0 Å². The predicted octanol–water partition coefficient (Wildman–Crippen LogP) is 1.22. The van der Waals surface area contributed by atoms with Gasteiger partial charge < -0.3 is 15.2 Å². The number of fused-ring (bicyclic) bond motifs is 2. The van der Waals surface area contributed by atoms with Crippen LogP contribution in [0.4, 0.5) is 5.69 Å². The summed E-state index contributed by atoms with van der Waals surface area (Å²) in [5.74, 6) is 0.352. The van der Waals surface area contributed by atoms with Gasteiger partial charge in [0.2, 0.25) is 10.0 Å². The number of morpholine rings is 1. The van der Waals surface area contributed by atoms with Crippen LogP contribution in [0.15, 0.2) is 23.1 Å². The Kier molecular flexibility index (Phi) is 3.81. The number of ether oxygens (including phenoxy) is 2. The van der Waals surface area contributed by atoms with Crippen molar-refractivity contribution in [1.82, 2.24) is 4.31 Å². The van der Waals surface area contributed by atoms with Gasteiger partial charge in [0.1, 0.15) is 10.6 Å². The van der Waals surface area contributed by atoms with E-state index < -0.39 is 10.0 Å². The van der Waals surface area contributed by atoms with Crippen molar-refractivity contribution in [2.24, 2.45) is 0 Å². The smallest absolute Gasteiger partial charge is 0.247 e. The van der Waals surface area contributed by atoms with Gasteiger partial charge in [-0.25, -0.2) is 8.42 Å². The maximum Gasteiger partial charge on any atom is 0.247 e. The van der Waals surface area contributed by atoms with E-state index in [1.54, 1.807) is 12.1 Å². The molecule has 2 fully saturated rings. The number of hydrogen-bond acceptors (Lipinski definition) is 5. The zero-order valence-electron chi connectivity index (χ0n) is 12.0. The zero-order valence-corrected chi connectivity index (χ0v) is 12.8. The van der Waals surface area contributed by atoms with Crippen molar-refractivity contribution in [3.8, 4) is 5.75 Å². The van der Waals surface area contributed by atoms with Crippen molar-refractivity contribution in [3.05, 3.63) is 18.2 Å². The number of hydrogen-bond donors (Lipinski definition) is 1. The van der Waals surface area contributed by atoms with E-state index in [4.69, 9.17) is 15.2 Å². The molecule has 21 heavy (non-hydrogen) atoms. The summed E-state index contributed by atoms with van der Waals surface area (Å²) in [6.45, 7) is 3.03. The maximum absolute atomic E-state index is 12.9. The molecular formula is C14H20N2O4S. The molecule has 2 aliphatic heterocycles. The second-order valence-corrected chi connectivity index (χ2v) is 7.33. The average molecular weight is 312 g/mol. The van der Waals surface area contributed by atoms with Crippen LogP contribution in [0, 0.1) is 0 Å². The van der Waals surface area contributed by atoms with Gasteiger partial charge in [0.05, 0.1) is 18.8 Å². The summed E-state index contributed by atoms with van der Waals surface area (Å²) in [7, 11) is -3.61. The first kappa shape index (κ1) is 14.6. The molecule has 2 unspecified atom stereocenters. The Hall–Kier alpha value is -1.31. The number of nitrogens with zero attached hydrogens (tertiary/aromatic N) is 1. The molecule has 3 rings (SSSR count). The van der Waals surface area contributed by atoms with Crippen LogP contribution in [-0.2, 0) is 14.8 Å². The lowest BCUT2D eigenvalue weighted by Gasteiger charge is -2.31. The van der Waals surface area contributed by atoms with Crippen molar-refractivity contribution in [3.63, 3.8) is 0 Å². The number of benzene rings is 1. The minimum atomic E-state index is -3.61. The molecule has 0 saturated carbocycles. The largest absolute Gasteiger partial charge is 0.492 e. The molecular weight excluding hydrogens is 292 g/mol. The van der Waals surface area contributed by atoms with Crippen LogP contribution in [0.5, 0.6) is 5.75 Å². The first-order valence-electron chi connectivity index (χ1n) is 7.18. The van der Waals surface area contributed by atoms with E-state index in [2.05, 4.69) is 0 Å². The molecule has 2 saturated heterocycles. The number of rotatable bonds is 4. The number of nitrogen functional groups attached to an aromatic ring is 1. The molecule has 116 valence electrons. The molecule has 2 N–H and O–H groups in total. The molecule has 7 heteroatoms. The summed E-state index contributed by atoms with van der Waals surface area (Å²) in [5.41, 5.74) is 6.16. The average Bonchev–Trinajstić information content (AvgIpc) is 2.79. The first-order chi connectivity index (χ1) is 10.0. The lowest BCUT2D eigenvalue weighted by atomic mass is 10.2. The maximum atomic E-state index is 12.9. The summed E-state index contributed by atoms with van der Waals surface area (Å²) in [5, 5.41) is 0. The quantitative estimate of drug-likeness (QED) is 0.845. The second kappa shape index (κ2) is 5.47. The first-order valence-corrected chi connectivity index (χ1v) is 8.62. The Morgan fingerprint density at radius 2 is 2.00 bits per heavy atom. The topological polar surface area (TPSA) is 81.9 Å². The van der Waals surface area contributed by atoms with Gasteiger partial charge in [0, 0.05) is 18.8 Å². The SMILES string of the molecule is CCOc1ccc(N)cc1S(=O)(=O)N1CC2CCC(C1)O2. The van der Waals surface area contributed by atoms with E-state index in [1.165, 1.54) is 10.4 Å². The van der Waals surface area contributed by atoms with Crippen LogP contribution in [-0.4, -0.2) is 44.6 Å². The van der Waals surface area contributed by atoms with Gasteiger partial charge in [-0.05, 0) is 38.0 Å². The van der Waals surface area contributed by atoms with Gasteiger partial charge in [-0.15, -0.1) is 0 Å². The van der Waals surface area contributed by atoms with E-state index >= 15 is 0 Å². The van der Waals surface area contributed by atoms with Gasteiger partial charge in [-0.1, -0.05) is 0 Å². The Morgan fingerprint density at radius 3 is 2.62 bits per heavy atom. The standard InChI is InChI=1S/C14H20N2O4S/c1-2-19-13-6-3-10(15)7-14(13)21(17,18)16-8-11-4-5-12(9-16)20-11/h3,6-7,11-12H,2,4-5,8-9,15H2,1H3. The fourth-order valence-corrected chi connectivity index (χ4v) is 4.58. The third-order valence-corrected chi connectivity index (χ3v) is 5.75. The summed E-state index contributed by atoms with van der Waals surface area (Å²) in [6, 6.07) is 4.73. The van der Waals surface area contributed by atoms with Crippen molar-refractivity contribution >= 4 is 15.7 Å². The second-order valence-electron chi connectivity index (χ2n) is 5.42. The molecule has 0 aromatic heterocycles. The van der Waals surface area contributed by atoms with Gasteiger partial charge in [0.25, 0.3) is 0 Å². The molecule has 2 atom stereocenters. The van der Waals surface area contributed by atoms with Crippen LogP contribution in [0.3, 0.4) is 0 Å². The highest BCUT2D eigenvalue weighted by Gasteiger charge is 2.40. The Bertz CT molecular complexity index is 620. The fraction of sp³-hybridized carbons (Fsp3) is 0.571. The van der Waals surface area contributed by atoms with Crippen molar-refractivity contribution < 1.29 is 17.9 Å². The molecule has 0 amide bonds. The van der Waals surface area contributed by atoms with Crippen LogP contribution in [0.2, 0.25) is 0 Å². The van der Waals surface area contributed by atoms with E-state index in [9.17, 15) is 8.42 Å². The minimum absolute atomic E-state index is 0.00938. The highest BCUT2D eigenvalue weighted by atomic mass is 32.2. The van der Waals surface area contributed by atoms with Crippen LogP contribution >= 0.6 is 0 Å². The summed E-state index contributed by atoms with van der Waals surface area (Å²) >= 11 is 0. The molecule has 2 heterocycles. The zero-order chi connectivity index (χ0) is 15.0. The molecule has 6 nitrogen and oxygen atoms in total. The minimum Gasteiger partial charge on any atom is -0.492 e. The van der Waals surface area contributed by atoms with Crippen LogP contribution in [0.1, 0.15) is 19.8 Å². The van der Waals surface area contributed by atoms with Crippen molar-refractivity contribution in [2.45, 2.75) is 36.9 Å². The Balaban J connectivity index is 1.96. The van der Waals surface area contributed by atoms with E-state index in [0.29, 0.717) is 31.1 Å². The Morgan fingerprint density at radius 1 is 1.33 bits per heavy atom. The molecule has 1 aromatic carbocycles. The lowest BCUT2D eigenvalue weighted by Crippen LogP contribution is -2.45. The molecule has 1 aromatic rings. The van der Waals surface area contributed by atoms with E-state index in [1.807, 2.05) is 6.92 Å². The lowest BCUT2D eigenvalue weighted by molar-refractivity contribution is -0.0115. The Labute approximate surface area is 124 Å². The van der Waals surface area contributed by atoms with Crippen LogP contribution < -0.4 is 10.5 Å². The molecule has 0 aliphatic carbocycles. The number of nitrogens with two attached hydrogens (primary N) is 1. The molecule has 0 spiro atoms. The number of anilines is 1. The van der Waals surface area contributed by atoms with E-state index in [0.717, 1.165) is 12.8 Å². The highest BCUT2D eigenvalue weighted by Crippen LogP contribution is 2.33. The van der Waals surface area contributed by atoms with Crippen molar-refractivity contribution in [2.75, 3.05) is 25.4 Å². The fourth-order valence-electron chi connectivity index (χ4n) is 2.91. The third-order valence-electron chi connectivity index (χ3n) is 3.90. The van der Waals surface area contributed by atoms with Gasteiger partial charge in [-0.2, -0.15) is 4.31 Å². The third kappa shape index (κ3) is 2.73. The monoisotopic (exact) mass is 312 g/mol.